The number of halogens is 1. The van der Waals surface area contributed by atoms with Crippen molar-refractivity contribution in [2.45, 2.75) is 10.6 Å². The molecule has 2 aromatic carbocycles. The summed E-state index contributed by atoms with van der Waals surface area (Å²) in [7, 11) is 1.66. The number of nitrogen functional groups attached to an aromatic ring is 1. The molecule has 18 heavy (non-hydrogen) atoms. The lowest BCUT2D eigenvalue weighted by Crippen LogP contribution is -1.89. The van der Waals surface area contributed by atoms with Gasteiger partial charge in [-0.1, -0.05) is 23.7 Å². The summed E-state index contributed by atoms with van der Waals surface area (Å²) in [6.07, 6.45) is 0. The van der Waals surface area contributed by atoms with Gasteiger partial charge in [0.1, 0.15) is 5.75 Å². The van der Waals surface area contributed by atoms with Crippen LogP contribution in [0, 0.1) is 0 Å². The van der Waals surface area contributed by atoms with Gasteiger partial charge >= 0.3 is 0 Å². The Balaban J connectivity index is 2.02. The van der Waals surface area contributed by atoms with Gasteiger partial charge < -0.3 is 10.5 Å². The molecule has 0 amide bonds. The average molecular weight is 280 g/mol. The van der Waals surface area contributed by atoms with Gasteiger partial charge in [-0.05, 0) is 35.9 Å². The normalized spacial score (nSPS) is 10.3. The van der Waals surface area contributed by atoms with Gasteiger partial charge in [0.05, 0.1) is 7.11 Å². The molecule has 94 valence electrons. The van der Waals surface area contributed by atoms with E-state index in [0.29, 0.717) is 5.02 Å². The predicted octanol–water partition coefficient (Wildman–Crippen LogP) is 4.22. The minimum Gasteiger partial charge on any atom is -0.497 e. The van der Waals surface area contributed by atoms with Gasteiger partial charge in [-0.3, -0.25) is 0 Å². The number of rotatable bonds is 4. The number of ether oxygens (including phenoxy) is 1. The lowest BCUT2D eigenvalue weighted by atomic mass is 10.2. The standard InChI is InChI=1S/C14H14ClNOS/c1-17-12-5-2-10(3-6-12)9-18-14-7-4-11(15)8-13(14)16/h2-8H,9,16H2,1H3. The molecule has 0 aromatic heterocycles. The summed E-state index contributed by atoms with van der Waals surface area (Å²) in [5.74, 6) is 1.74. The van der Waals surface area contributed by atoms with E-state index in [-0.39, 0.29) is 0 Å². The van der Waals surface area contributed by atoms with E-state index in [1.54, 1.807) is 24.9 Å². The average Bonchev–Trinajstić information content (AvgIpc) is 2.38. The number of thioether (sulfide) groups is 1. The molecule has 0 atom stereocenters. The van der Waals surface area contributed by atoms with Crippen LogP contribution < -0.4 is 10.5 Å². The number of methoxy groups -OCH3 is 1. The first-order chi connectivity index (χ1) is 8.69. The van der Waals surface area contributed by atoms with Crippen LogP contribution in [0.3, 0.4) is 0 Å². The van der Waals surface area contributed by atoms with Crippen LogP contribution in [-0.2, 0) is 5.75 Å². The largest absolute Gasteiger partial charge is 0.497 e. The summed E-state index contributed by atoms with van der Waals surface area (Å²) in [5.41, 5.74) is 7.86. The molecule has 2 aromatic rings. The Bertz CT molecular complexity index is 528. The van der Waals surface area contributed by atoms with Crippen molar-refractivity contribution < 1.29 is 4.74 Å². The van der Waals surface area contributed by atoms with E-state index in [1.807, 2.05) is 24.3 Å². The molecule has 4 heteroatoms. The summed E-state index contributed by atoms with van der Waals surface area (Å²) in [6, 6.07) is 13.6. The number of hydrogen-bond donors (Lipinski definition) is 1. The van der Waals surface area contributed by atoms with Gasteiger partial charge in [-0.25, -0.2) is 0 Å². The maximum absolute atomic E-state index is 5.91. The van der Waals surface area contributed by atoms with Gasteiger partial charge in [-0.15, -0.1) is 11.8 Å². The van der Waals surface area contributed by atoms with E-state index in [2.05, 4.69) is 12.1 Å². The van der Waals surface area contributed by atoms with E-state index in [1.165, 1.54) is 5.56 Å². The number of anilines is 1. The van der Waals surface area contributed by atoms with Gasteiger partial charge in [-0.2, -0.15) is 0 Å². The first-order valence-corrected chi connectivity index (χ1v) is 6.86. The Hall–Kier alpha value is -1.32. The lowest BCUT2D eigenvalue weighted by molar-refractivity contribution is 0.414. The van der Waals surface area contributed by atoms with Crippen molar-refractivity contribution in [3.63, 3.8) is 0 Å². The van der Waals surface area contributed by atoms with Gasteiger partial charge in [0.15, 0.2) is 0 Å². The second-order valence-corrected chi connectivity index (χ2v) is 5.27. The number of hydrogen-bond acceptors (Lipinski definition) is 3. The third kappa shape index (κ3) is 3.34. The molecule has 0 radical (unpaired) electrons. The second kappa shape index (κ2) is 6.03. The first kappa shape index (κ1) is 13.1. The minimum absolute atomic E-state index is 0.668. The van der Waals surface area contributed by atoms with Crippen molar-refractivity contribution in [3.8, 4) is 5.75 Å². The van der Waals surface area contributed by atoms with E-state index in [4.69, 9.17) is 22.1 Å². The summed E-state index contributed by atoms with van der Waals surface area (Å²) in [4.78, 5) is 1.05. The Kier molecular flexibility index (Phi) is 4.39. The summed E-state index contributed by atoms with van der Waals surface area (Å²) < 4.78 is 5.12. The smallest absolute Gasteiger partial charge is 0.118 e. The van der Waals surface area contributed by atoms with Crippen molar-refractivity contribution in [2.75, 3.05) is 12.8 Å². The first-order valence-electron chi connectivity index (χ1n) is 5.50. The zero-order valence-electron chi connectivity index (χ0n) is 10.0. The molecule has 0 saturated carbocycles. The van der Waals surface area contributed by atoms with Crippen molar-refractivity contribution in [1.82, 2.24) is 0 Å². The molecular formula is C14H14ClNOS. The topological polar surface area (TPSA) is 35.2 Å². The van der Waals surface area contributed by atoms with Crippen LogP contribution in [-0.4, -0.2) is 7.11 Å². The van der Waals surface area contributed by atoms with Crippen LogP contribution in [0.15, 0.2) is 47.4 Å². The molecule has 0 spiro atoms. The monoisotopic (exact) mass is 279 g/mol. The van der Waals surface area contributed by atoms with E-state index in [0.717, 1.165) is 22.1 Å². The second-order valence-electron chi connectivity index (χ2n) is 3.82. The molecule has 0 fully saturated rings. The van der Waals surface area contributed by atoms with Crippen LogP contribution in [0.2, 0.25) is 5.02 Å². The van der Waals surface area contributed by atoms with Crippen LogP contribution in [0.1, 0.15) is 5.56 Å². The number of benzene rings is 2. The molecule has 2 N–H and O–H groups in total. The van der Waals surface area contributed by atoms with Crippen LogP contribution in [0.5, 0.6) is 5.75 Å². The molecule has 0 bridgehead atoms. The molecule has 0 aliphatic rings. The zero-order valence-corrected chi connectivity index (χ0v) is 11.6. The van der Waals surface area contributed by atoms with E-state index < -0.39 is 0 Å². The molecule has 0 unspecified atom stereocenters. The molecular weight excluding hydrogens is 266 g/mol. The van der Waals surface area contributed by atoms with Crippen molar-refractivity contribution in [2.24, 2.45) is 0 Å². The SMILES string of the molecule is COc1ccc(CSc2ccc(Cl)cc2N)cc1. The summed E-state index contributed by atoms with van der Waals surface area (Å²) in [6.45, 7) is 0. The van der Waals surface area contributed by atoms with Gasteiger partial charge in [0.2, 0.25) is 0 Å². The molecule has 2 rings (SSSR count). The molecule has 0 aliphatic carbocycles. The zero-order chi connectivity index (χ0) is 13.0. The molecule has 0 aliphatic heterocycles. The quantitative estimate of drug-likeness (QED) is 0.672. The molecule has 0 heterocycles. The Morgan fingerprint density at radius 3 is 2.50 bits per heavy atom. The highest BCUT2D eigenvalue weighted by atomic mass is 35.5. The summed E-state index contributed by atoms with van der Waals surface area (Å²) in [5, 5.41) is 0.668. The third-order valence-corrected chi connectivity index (χ3v) is 3.92. The molecule has 0 saturated heterocycles. The highest BCUT2D eigenvalue weighted by Crippen LogP contribution is 2.30. The highest BCUT2D eigenvalue weighted by molar-refractivity contribution is 7.98. The van der Waals surface area contributed by atoms with Crippen LogP contribution in [0.4, 0.5) is 5.69 Å². The van der Waals surface area contributed by atoms with E-state index in [9.17, 15) is 0 Å². The molecule has 2 nitrogen and oxygen atoms in total. The maximum Gasteiger partial charge on any atom is 0.118 e. The fourth-order valence-corrected chi connectivity index (χ4v) is 2.62. The fourth-order valence-electron chi connectivity index (χ4n) is 1.53. The fraction of sp³-hybridized carbons (Fsp3) is 0.143. The third-order valence-electron chi connectivity index (χ3n) is 2.53. The van der Waals surface area contributed by atoms with Gasteiger partial charge in [0.25, 0.3) is 0 Å². The van der Waals surface area contributed by atoms with E-state index >= 15 is 0 Å². The van der Waals surface area contributed by atoms with Crippen LogP contribution >= 0.6 is 23.4 Å². The van der Waals surface area contributed by atoms with Crippen molar-refractivity contribution in [3.05, 3.63) is 53.1 Å². The van der Waals surface area contributed by atoms with Crippen molar-refractivity contribution >= 4 is 29.1 Å². The summed E-state index contributed by atoms with van der Waals surface area (Å²) >= 11 is 7.56. The van der Waals surface area contributed by atoms with Crippen LogP contribution in [0.25, 0.3) is 0 Å². The Morgan fingerprint density at radius 2 is 1.89 bits per heavy atom. The number of nitrogens with two attached hydrogens (primary N) is 1. The lowest BCUT2D eigenvalue weighted by Gasteiger charge is -2.06. The Labute approximate surface area is 116 Å². The highest BCUT2D eigenvalue weighted by Gasteiger charge is 2.02. The van der Waals surface area contributed by atoms with Crippen molar-refractivity contribution in [1.29, 1.82) is 0 Å². The Morgan fingerprint density at radius 1 is 1.17 bits per heavy atom. The predicted molar refractivity (Wildman–Crippen MR) is 78.4 cm³/mol. The maximum atomic E-state index is 5.91. The minimum atomic E-state index is 0.668. The van der Waals surface area contributed by atoms with Gasteiger partial charge in [0, 0.05) is 21.4 Å².